The molecular weight excluding hydrogens is 152 g/mol. The smallest absolute Gasteiger partial charge is 0.267 e. The van der Waals surface area contributed by atoms with E-state index in [1.165, 1.54) is 0 Å². The lowest BCUT2D eigenvalue weighted by Crippen LogP contribution is -2.01. The van der Waals surface area contributed by atoms with Gasteiger partial charge in [0.25, 0.3) is 5.95 Å². The Hall–Kier alpha value is -1.37. The van der Waals surface area contributed by atoms with E-state index in [-0.39, 0.29) is 17.8 Å². The molecule has 0 aliphatic heterocycles. The number of nitrogens with zero attached hydrogens (tertiary/aromatic N) is 4. The van der Waals surface area contributed by atoms with Gasteiger partial charge in [0, 0.05) is 12.4 Å². The highest BCUT2D eigenvalue weighted by molar-refractivity contribution is 7.47. The highest BCUT2D eigenvalue weighted by Crippen LogP contribution is 2.04. The largest absolute Gasteiger partial charge is 0.368 e. The van der Waals surface area contributed by atoms with E-state index in [1.807, 2.05) is 0 Å². The van der Waals surface area contributed by atoms with Gasteiger partial charge < -0.3 is 11.5 Å². The molecule has 0 fully saturated rings. The van der Waals surface area contributed by atoms with Crippen LogP contribution in [0.25, 0.3) is 0 Å². The highest BCUT2D eigenvalue weighted by atomic mass is 32.1. The van der Waals surface area contributed by atoms with E-state index in [2.05, 4.69) is 31.7 Å². The Balaban J connectivity index is 3.18. The fourth-order valence-electron chi connectivity index (χ4n) is 0.438. The number of hydrogen-bond donors (Lipinski definition) is 2. The molecule has 1 aromatic heterocycles. The van der Waals surface area contributed by atoms with Crippen LogP contribution >= 0.6 is 0 Å². The summed E-state index contributed by atoms with van der Waals surface area (Å²) in [6, 6.07) is 0. The molecule has 0 saturated carbocycles. The van der Waals surface area contributed by atoms with Crippen LogP contribution in [0, 0.1) is 0 Å². The predicted octanol–water partition coefficient (Wildman–Crippen LogP) is -0.602. The van der Waals surface area contributed by atoms with Gasteiger partial charge >= 0.3 is 0 Å². The Morgan fingerprint density at radius 1 is 1.10 bits per heavy atom. The fraction of sp³-hybridized carbons (Fsp3) is 0. The molecule has 4 N–H and O–H groups in total. The van der Waals surface area contributed by atoms with Crippen molar-refractivity contribution in [2.75, 3.05) is 11.5 Å². The van der Waals surface area contributed by atoms with Crippen molar-refractivity contribution in [1.82, 2.24) is 15.0 Å². The number of nitrogen functional groups attached to an aromatic ring is 2. The Bertz CT molecular complexity index is 239. The minimum Gasteiger partial charge on any atom is -0.368 e. The standard InChI is InChI=1S/C3H4N6S/c4-1-6-2(5)8-3(7-1)9-10/h(H4,4,5,6,7,8). The molecule has 1 aromatic rings. The van der Waals surface area contributed by atoms with Gasteiger partial charge in [0.1, 0.15) is 0 Å². The molecule has 0 aliphatic carbocycles. The van der Waals surface area contributed by atoms with Gasteiger partial charge in [-0.25, -0.2) is 0 Å². The molecule has 10 heavy (non-hydrogen) atoms. The van der Waals surface area contributed by atoms with E-state index < -0.39 is 0 Å². The van der Waals surface area contributed by atoms with Crippen LogP contribution in [0.4, 0.5) is 17.8 Å². The van der Waals surface area contributed by atoms with Crippen LogP contribution in [0.2, 0.25) is 0 Å². The average molecular weight is 156 g/mol. The van der Waals surface area contributed by atoms with Crippen molar-refractivity contribution >= 4 is 30.3 Å². The Kier molecular flexibility index (Phi) is 1.67. The van der Waals surface area contributed by atoms with E-state index in [9.17, 15) is 0 Å². The quantitative estimate of drug-likeness (QED) is 0.562. The number of hydrogen-bond acceptors (Lipinski definition) is 7. The number of nitrogens with two attached hydrogens (primary N) is 2. The molecule has 0 radical (unpaired) electrons. The topological polar surface area (TPSA) is 103 Å². The number of aromatic nitrogens is 3. The molecule has 0 amide bonds. The first kappa shape index (κ1) is 6.75. The summed E-state index contributed by atoms with van der Waals surface area (Å²) in [5.41, 5.74) is 10.4. The van der Waals surface area contributed by atoms with Gasteiger partial charge in [0.05, 0.1) is 0 Å². The molecule has 0 atom stereocenters. The lowest BCUT2D eigenvalue weighted by molar-refractivity contribution is 1.07. The molecule has 0 unspecified atom stereocenters. The molecule has 7 heteroatoms. The Labute approximate surface area is 61.9 Å². The molecule has 52 valence electrons. The van der Waals surface area contributed by atoms with Gasteiger partial charge in [-0.1, -0.05) is 0 Å². The SMILES string of the molecule is Nc1nc(N)nc(N=S)n1. The Morgan fingerprint density at radius 2 is 1.60 bits per heavy atom. The van der Waals surface area contributed by atoms with Crippen LogP contribution in [0.5, 0.6) is 0 Å². The summed E-state index contributed by atoms with van der Waals surface area (Å²) in [7, 11) is 0. The third-order valence-electron chi connectivity index (χ3n) is 0.740. The van der Waals surface area contributed by atoms with Crippen molar-refractivity contribution in [1.29, 1.82) is 0 Å². The van der Waals surface area contributed by atoms with Crippen LogP contribution < -0.4 is 11.5 Å². The van der Waals surface area contributed by atoms with Crippen LogP contribution in [-0.2, 0) is 12.4 Å². The summed E-state index contributed by atoms with van der Waals surface area (Å²) in [6.45, 7) is 0. The summed E-state index contributed by atoms with van der Waals surface area (Å²) in [5, 5.41) is 0. The normalized spacial score (nSPS) is 9.20. The van der Waals surface area contributed by atoms with Gasteiger partial charge in [0.2, 0.25) is 11.9 Å². The van der Waals surface area contributed by atoms with Gasteiger partial charge in [0.15, 0.2) is 0 Å². The zero-order valence-corrected chi connectivity index (χ0v) is 5.67. The summed E-state index contributed by atoms with van der Waals surface area (Å²) in [4.78, 5) is 10.6. The number of rotatable bonds is 1. The van der Waals surface area contributed by atoms with E-state index in [0.717, 1.165) is 0 Å². The molecular formula is C3H4N6S. The first-order chi connectivity index (χ1) is 4.72. The van der Waals surface area contributed by atoms with Crippen molar-refractivity contribution in [3.63, 3.8) is 0 Å². The monoisotopic (exact) mass is 156 g/mol. The van der Waals surface area contributed by atoms with Crippen LogP contribution in [0.3, 0.4) is 0 Å². The van der Waals surface area contributed by atoms with Crippen LogP contribution in [0.1, 0.15) is 0 Å². The maximum absolute atomic E-state index is 5.19. The lowest BCUT2D eigenvalue weighted by atomic mass is 10.9. The summed E-state index contributed by atoms with van der Waals surface area (Å²) in [6.07, 6.45) is 0. The van der Waals surface area contributed by atoms with E-state index in [0.29, 0.717) is 0 Å². The lowest BCUT2D eigenvalue weighted by Gasteiger charge is -1.93. The predicted molar refractivity (Wildman–Crippen MR) is 38.1 cm³/mol. The molecule has 6 nitrogen and oxygen atoms in total. The molecule has 0 spiro atoms. The van der Waals surface area contributed by atoms with Crippen molar-refractivity contribution in [2.24, 2.45) is 4.36 Å². The van der Waals surface area contributed by atoms with Crippen molar-refractivity contribution in [2.45, 2.75) is 0 Å². The van der Waals surface area contributed by atoms with Crippen molar-refractivity contribution < 1.29 is 0 Å². The second kappa shape index (κ2) is 2.48. The highest BCUT2D eigenvalue weighted by Gasteiger charge is 1.97. The zero-order valence-electron chi connectivity index (χ0n) is 4.85. The fourth-order valence-corrected chi connectivity index (χ4v) is 0.520. The molecule has 0 saturated heterocycles. The van der Waals surface area contributed by atoms with Crippen molar-refractivity contribution in [3.8, 4) is 0 Å². The summed E-state index contributed by atoms with van der Waals surface area (Å²) in [5.74, 6) is 0.118. The molecule has 0 aliphatic rings. The van der Waals surface area contributed by atoms with E-state index >= 15 is 0 Å². The molecule has 1 heterocycles. The van der Waals surface area contributed by atoms with Gasteiger partial charge in [-0.3, -0.25) is 0 Å². The minimum absolute atomic E-state index is 0.0242. The second-order valence-electron chi connectivity index (χ2n) is 1.44. The first-order valence-electron chi connectivity index (χ1n) is 2.33. The Morgan fingerprint density at radius 3 is 2.00 bits per heavy atom. The molecule has 0 aromatic carbocycles. The maximum atomic E-state index is 5.19. The molecule has 0 bridgehead atoms. The van der Waals surface area contributed by atoms with Gasteiger partial charge in [-0.15, -0.1) is 4.36 Å². The minimum atomic E-state index is 0.0242. The second-order valence-corrected chi connectivity index (χ2v) is 1.63. The van der Waals surface area contributed by atoms with Crippen LogP contribution in [0.15, 0.2) is 4.36 Å². The van der Waals surface area contributed by atoms with Gasteiger partial charge in [-0.05, 0) is 0 Å². The van der Waals surface area contributed by atoms with Crippen LogP contribution in [-0.4, -0.2) is 15.0 Å². The van der Waals surface area contributed by atoms with Crippen molar-refractivity contribution in [3.05, 3.63) is 0 Å². The molecule has 1 rings (SSSR count). The van der Waals surface area contributed by atoms with Gasteiger partial charge in [-0.2, -0.15) is 15.0 Å². The van der Waals surface area contributed by atoms with E-state index in [4.69, 9.17) is 11.5 Å². The third kappa shape index (κ3) is 1.32. The zero-order chi connectivity index (χ0) is 7.56. The number of anilines is 2. The summed E-state index contributed by atoms with van der Waals surface area (Å²) >= 11 is 4.30. The average Bonchev–Trinajstić information content (AvgIpc) is 1.85. The van der Waals surface area contributed by atoms with E-state index in [1.54, 1.807) is 0 Å². The third-order valence-corrected chi connectivity index (χ3v) is 0.903. The summed E-state index contributed by atoms with van der Waals surface area (Å²) < 4.78 is 3.25. The first-order valence-corrected chi connectivity index (χ1v) is 2.69. The maximum Gasteiger partial charge on any atom is 0.267 e.